The summed E-state index contributed by atoms with van der Waals surface area (Å²) in [4.78, 5) is 23.5. The van der Waals surface area contributed by atoms with E-state index < -0.39 is 5.97 Å². The SMILES string of the molecule is O=C(O)CCCCC(=O)Nc1ccc(-n2nccn2)cc1. The number of anilines is 1. The number of carboxylic acid groups (broad SMARTS) is 1. The molecule has 21 heavy (non-hydrogen) atoms. The Morgan fingerprint density at radius 2 is 1.67 bits per heavy atom. The molecule has 7 heteroatoms. The fourth-order valence-electron chi connectivity index (χ4n) is 1.81. The van der Waals surface area contributed by atoms with E-state index in [1.807, 2.05) is 0 Å². The van der Waals surface area contributed by atoms with Crippen molar-refractivity contribution in [3.8, 4) is 5.69 Å². The Kier molecular flexibility index (Phi) is 5.03. The lowest BCUT2D eigenvalue weighted by Gasteiger charge is -2.06. The third-order valence-corrected chi connectivity index (χ3v) is 2.85. The van der Waals surface area contributed by atoms with Gasteiger partial charge in [0, 0.05) is 18.5 Å². The number of benzene rings is 1. The Labute approximate surface area is 121 Å². The maximum Gasteiger partial charge on any atom is 0.303 e. The summed E-state index contributed by atoms with van der Waals surface area (Å²) < 4.78 is 0. The largest absolute Gasteiger partial charge is 0.481 e. The second kappa shape index (κ2) is 7.18. The predicted molar refractivity (Wildman–Crippen MR) is 76.1 cm³/mol. The average molecular weight is 288 g/mol. The number of hydrogen-bond acceptors (Lipinski definition) is 4. The molecule has 0 saturated heterocycles. The number of carboxylic acids is 1. The van der Waals surface area contributed by atoms with E-state index >= 15 is 0 Å². The van der Waals surface area contributed by atoms with Crippen molar-refractivity contribution in [1.82, 2.24) is 15.0 Å². The van der Waals surface area contributed by atoms with Gasteiger partial charge in [-0.05, 0) is 37.1 Å². The van der Waals surface area contributed by atoms with Gasteiger partial charge in [0.2, 0.25) is 5.91 Å². The van der Waals surface area contributed by atoms with Gasteiger partial charge in [0.05, 0.1) is 18.1 Å². The zero-order valence-electron chi connectivity index (χ0n) is 11.4. The Balaban J connectivity index is 1.80. The fraction of sp³-hybridized carbons (Fsp3) is 0.286. The van der Waals surface area contributed by atoms with Crippen LogP contribution in [-0.4, -0.2) is 32.0 Å². The molecular weight excluding hydrogens is 272 g/mol. The van der Waals surface area contributed by atoms with Gasteiger partial charge < -0.3 is 10.4 Å². The second-order valence-corrected chi connectivity index (χ2v) is 4.51. The minimum Gasteiger partial charge on any atom is -0.481 e. The van der Waals surface area contributed by atoms with E-state index in [9.17, 15) is 9.59 Å². The number of nitrogens with one attached hydrogen (secondary N) is 1. The fourth-order valence-corrected chi connectivity index (χ4v) is 1.81. The van der Waals surface area contributed by atoms with E-state index in [2.05, 4.69) is 15.5 Å². The summed E-state index contributed by atoms with van der Waals surface area (Å²) in [5.41, 5.74) is 1.49. The van der Waals surface area contributed by atoms with Gasteiger partial charge in [0.25, 0.3) is 0 Å². The summed E-state index contributed by atoms with van der Waals surface area (Å²) in [5, 5.41) is 19.3. The molecule has 1 aromatic carbocycles. The highest BCUT2D eigenvalue weighted by atomic mass is 16.4. The van der Waals surface area contributed by atoms with Gasteiger partial charge in [-0.2, -0.15) is 15.0 Å². The summed E-state index contributed by atoms with van der Waals surface area (Å²) in [6.07, 6.45) is 4.66. The van der Waals surface area contributed by atoms with Crippen molar-refractivity contribution in [2.75, 3.05) is 5.32 Å². The van der Waals surface area contributed by atoms with Crippen LogP contribution in [0.5, 0.6) is 0 Å². The molecule has 0 bridgehead atoms. The molecule has 0 radical (unpaired) electrons. The summed E-state index contributed by atoms with van der Waals surface area (Å²) in [7, 11) is 0. The molecule has 7 nitrogen and oxygen atoms in total. The van der Waals surface area contributed by atoms with E-state index in [0.717, 1.165) is 5.69 Å². The smallest absolute Gasteiger partial charge is 0.303 e. The van der Waals surface area contributed by atoms with Gasteiger partial charge in [0.1, 0.15) is 0 Å². The van der Waals surface area contributed by atoms with E-state index in [1.54, 1.807) is 36.7 Å². The van der Waals surface area contributed by atoms with Crippen molar-refractivity contribution in [3.05, 3.63) is 36.7 Å². The van der Waals surface area contributed by atoms with Gasteiger partial charge >= 0.3 is 5.97 Å². The Morgan fingerprint density at radius 3 is 2.29 bits per heavy atom. The predicted octanol–water partition coefficient (Wildman–Crippen LogP) is 1.85. The van der Waals surface area contributed by atoms with Gasteiger partial charge in [-0.3, -0.25) is 9.59 Å². The molecule has 0 atom stereocenters. The quantitative estimate of drug-likeness (QED) is 0.758. The van der Waals surface area contributed by atoms with Gasteiger partial charge in [-0.15, -0.1) is 0 Å². The Hall–Kier alpha value is -2.70. The van der Waals surface area contributed by atoms with Gasteiger partial charge in [-0.1, -0.05) is 0 Å². The number of amides is 1. The molecule has 0 unspecified atom stereocenters. The second-order valence-electron chi connectivity index (χ2n) is 4.51. The number of aliphatic carboxylic acids is 1. The van der Waals surface area contributed by atoms with Crippen LogP contribution in [0.15, 0.2) is 36.7 Å². The minimum atomic E-state index is -0.835. The van der Waals surface area contributed by atoms with Crippen molar-refractivity contribution < 1.29 is 14.7 Å². The highest BCUT2D eigenvalue weighted by molar-refractivity contribution is 5.90. The minimum absolute atomic E-state index is 0.0961. The van der Waals surface area contributed by atoms with Crippen LogP contribution in [0.1, 0.15) is 25.7 Å². The molecule has 0 aliphatic heterocycles. The van der Waals surface area contributed by atoms with Crippen LogP contribution >= 0.6 is 0 Å². The van der Waals surface area contributed by atoms with E-state index in [4.69, 9.17) is 5.11 Å². The Morgan fingerprint density at radius 1 is 1.05 bits per heavy atom. The van der Waals surface area contributed by atoms with E-state index in [0.29, 0.717) is 24.9 Å². The first-order valence-electron chi connectivity index (χ1n) is 6.63. The van der Waals surface area contributed by atoms with Crippen LogP contribution in [0.4, 0.5) is 5.69 Å². The molecule has 1 aromatic heterocycles. The summed E-state index contributed by atoms with van der Waals surface area (Å²) in [6.45, 7) is 0. The molecular formula is C14H16N4O3. The van der Waals surface area contributed by atoms with Crippen molar-refractivity contribution in [1.29, 1.82) is 0 Å². The zero-order chi connectivity index (χ0) is 15.1. The normalized spacial score (nSPS) is 10.3. The molecule has 110 valence electrons. The van der Waals surface area contributed by atoms with Crippen LogP contribution < -0.4 is 5.32 Å². The monoisotopic (exact) mass is 288 g/mol. The molecule has 2 aromatic rings. The molecule has 1 amide bonds. The van der Waals surface area contributed by atoms with Crippen molar-refractivity contribution >= 4 is 17.6 Å². The summed E-state index contributed by atoms with van der Waals surface area (Å²) in [6, 6.07) is 7.15. The third-order valence-electron chi connectivity index (χ3n) is 2.85. The molecule has 0 aliphatic rings. The average Bonchev–Trinajstić information content (AvgIpc) is 2.98. The first-order valence-corrected chi connectivity index (χ1v) is 6.63. The standard InChI is InChI=1S/C14H16N4O3/c19-13(3-1-2-4-14(20)21)17-11-5-7-12(8-6-11)18-15-9-10-16-18/h5-10H,1-4H2,(H,17,19)(H,20,21). The lowest BCUT2D eigenvalue weighted by molar-refractivity contribution is -0.137. The van der Waals surface area contributed by atoms with E-state index in [1.165, 1.54) is 4.80 Å². The number of hydrogen-bond donors (Lipinski definition) is 2. The lowest BCUT2D eigenvalue weighted by Crippen LogP contribution is -2.11. The highest BCUT2D eigenvalue weighted by Gasteiger charge is 2.04. The number of unbranched alkanes of at least 4 members (excludes halogenated alkanes) is 1. The molecule has 0 aliphatic carbocycles. The highest BCUT2D eigenvalue weighted by Crippen LogP contribution is 2.12. The Bertz CT molecular complexity index is 593. The molecule has 1 heterocycles. The van der Waals surface area contributed by atoms with E-state index in [-0.39, 0.29) is 12.3 Å². The third kappa shape index (κ3) is 4.72. The maximum atomic E-state index is 11.7. The van der Waals surface area contributed by atoms with Crippen LogP contribution in [-0.2, 0) is 9.59 Å². The molecule has 0 fully saturated rings. The van der Waals surface area contributed by atoms with Gasteiger partial charge in [-0.25, -0.2) is 0 Å². The first kappa shape index (κ1) is 14.7. The molecule has 2 N–H and O–H groups in total. The van der Waals surface area contributed by atoms with Crippen LogP contribution in [0.25, 0.3) is 5.69 Å². The summed E-state index contributed by atoms with van der Waals surface area (Å²) >= 11 is 0. The number of nitrogens with zero attached hydrogens (tertiary/aromatic N) is 3. The van der Waals surface area contributed by atoms with Crippen molar-refractivity contribution in [2.45, 2.75) is 25.7 Å². The zero-order valence-corrected chi connectivity index (χ0v) is 11.4. The lowest BCUT2D eigenvalue weighted by atomic mass is 10.2. The summed E-state index contributed by atoms with van der Waals surface area (Å²) in [5.74, 6) is -0.955. The topological polar surface area (TPSA) is 97.1 Å². The number of carbonyl (C=O) groups is 2. The van der Waals surface area contributed by atoms with Crippen LogP contribution in [0.2, 0.25) is 0 Å². The molecule has 2 rings (SSSR count). The van der Waals surface area contributed by atoms with Crippen molar-refractivity contribution in [2.24, 2.45) is 0 Å². The maximum absolute atomic E-state index is 11.7. The molecule has 0 saturated carbocycles. The van der Waals surface area contributed by atoms with Crippen molar-refractivity contribution in [3.63, 3.8) is 0 Å². The first-order chi connectivity index (χ1) is 10.1. The number of rotatable bonds is 7. The van der Waals surface area contributed by atoms with Gasteiger partial charge in [0.15, 0.2) is 0 Å². The number of aromatic nitrogens is 3. The van der Waals surface area contributed by atoms with Crippen LogP contribution in [0.3, 0.4) is 0 Å². The molecule has 0 spiro atoms. The van der Waals surface area contributed by atoms with Crippen LogP contribution in [0, 0.1) is 0 Å². The number of carbonyl (C=O) groups excluding carboxylic acids is 1.